The highest BCUT2D eigenvalue weighted by atomic mass is 32.1. The molecule has 0 saturated carbocycles. The number of nitrogens with one attached hydrogen (secondary N) is 1. The number of likely N-dealkylation sites (N-methyl/N-ethyl adjacent to an activating group) is 1. The maximum atomic E-state index is 5.01. The first-order chi connectivity index (χ1) is 13.2. The van der Waals surface area contributed by atoms with Crippen LogP contribution in [-0.4, -0.2) is 67.6 Å². The van der Waals surface area contributed by atoms with Crippen molar-refractivity contribution in [3.63, 3.8) is 0 Å². The second kappa shape index (κ2) is 9.52. The number of fused-ring (bicyclic) bond motifs is 2. The number of aryl methyl sites for hydroxylation is 1. The highest BCUT2D eigenvalue weighted by Crippen LogP contribution is 2.39. The average molecular weight is 403 g/mol. The Kier molecular flexibility index (Phi) is 7.07. The van der Waals surface area contributed by atoms with Crippen molar-refractivity contribution in [1.82, 2.24) is 9.80 Å². The van der Waals surface area contributed by atoms with Gasteiger partial charge >= 0.3 is 0 Å². The zero-order valence-electron chi connectivity index (χ0n) is 16.7. The number of amidine groups is 1. The quantitative estimate of drug-likeness (QED) is 0.733. The van der Waals surface area contributed by atoms with Crippen molar-refractivity contribution in [3.8, 4) is 0 Å². The molecule has 152 valence electrons. The van der Waals surface area contributed by atoms with Gasteiger partial charge in [0.2, 0.25) is 0 Å². The molecule has 0 atom stereocenters. The smallest absolute Gasteiger partial charge is 0.139 e. The van der Waals surface area contributed by atoms with Crippen LogP contribution in [-0.2, 0) is 4.74 Å². The third-order valence-electron chi connectivity index (χ3n) is 5.10. The third kappa shape index (κ3) is 4.72. The van der Waals surface area contributed by atoms with Gasteiger partial charge in [0.25, 0.3) is 0 Å². The summed E-state index contributed by atoms with van der Waals surface area (Å²) in [6.45, 7) is 8.41. The van der Waals surface area contributed by atoms with Crippen molar-refractivity contribution in [1.29, 1.82) is 0 Å². The van der Waals surface area contributed by atoms with Gasteiger partial charge in [-0.2, -0.15) is 0 Å². The number of hydrogen-bond acceptors (Lipinski definition) is 6. The molecule has 2 saturated heterocycles. The van der Waals surface area contributed by atoms with E-state index in [-0.39, 0.29) is 5.48 Å². The number of piperazine rings is 1. The largest absolute Gasteiger partial charge is 0.412 e. The Morgan fingerprint density at radius 2 is 1.79 bits per heavy atom. The van der Waals surface area contributed by atoms with Crippen LogP contribution in [0.15, 0.2) is 35.3 Å². The minimum atomic E-state index is 0. The first kappa shape index (κ1) is 20.8. The van der Waals surface area contributed by atoms with Gasteiger partial charge < -0.3 is 25.3 Å². The van der Waals surface area contributed by atoms with E-state index in [0.29, 0.717) is 0 Å². The Balaban J connectivity index is 0.000000329. The van der Waals surface area contributed by atoms with Crippen LogP contribution in [0.5, 0.6) is 0 Å². The van der Waals surface area contributed by atoms with E-state index in [1.807, 2.05) is 0 Å². The molecule has 0 bridgehead atoms. The molecule has 3 aliphatic heterocycles. The Bertz CT molecular complexity index is 801. The van der Waals surface area contributed by atoms with Crippen LogP contribution in [0.4, 0.5) is 16.4 Å². The van der Waals surface area contributed by atoms with Gasteiger partial charge in [-0.1, -0.05) is 12.1 Å². The molecule has 0 aliphatic carbocycles. The molecule has 0 spiro atoms. The second-order valence-electron chi connectivity index (χ2n) is 7.29. The van der Waals surface area contributed by atoms with Crippen LogP contribution in [0, 0.1) is 6.92 Å². The summed E-state index contributed by atoms with van der Waals surface area (Å²) in [5, 5.41) is 4.78. The summed E-state index contributed by atoms with van der Waals surface area (Å²) in [7, 11) is 2.18. The van der Waals surface area contributed by atoms with Gasteiger partial charge in [-0.05, 0) is 45.0 Å². The lowest BCUT2D eigenvalue weighted by Gasteiger charge is -2.34. The third-order valence-corrected chi connectivity index (χ3v) is 6.07. The predicted molar refractivity (Wildman–Crippen MR) is 118 cm³/mol. The molecule has 0 unspecified atom stereocenters. The molecule has 7 heteroatoms. The Hall–Kier alpha value is -1.93. The van der Waals surface area contributed by atoms with E-state index in [0.717, 1.165) is 56.6 Å². The molecule has 1 aromatic carbocycles. The normalized spacial score (nSPS) is 18.5. The number of para-hydroxylation sites is 2. The standard InChI is InChI=1S/C17H20N4S.C4H8O.H2O/c1-12-11-13-16(21-9-7-20(2)8-10-21)18-14-5-3-4-6-15(14)19-17(13)22-12;1-2-4-5-3-1;/h3-6,11,19H,7-10H2,1-2H3;1-4H2;1H2. The van der Waals surface area contributed by atoms with Gasteiger partial charge in [-0.25, -0.2) is 4.99 Å². The molecule has 6 nitrogen and oxygen atoms in total. The molecule has 1 aromatic heterocycles. The summed E-state index contributed by atoms with van der Waals surface area (Å²) in [6.07, 6.45) is 2.56. The molecule has 3 N–H and O–H groups in total. The van der Waals surface area contributed by atoms with E-state index >= 15 is 0 Å². The lowest BCUT2D eigenvalue weighted by atomic mass is 10.2. The fourth-order valence-corrected chi connectivity index (χ4v) is 4.44. The highest BCUT2D eigenvalue weighted by Gasteiger charge is 2.25. The average Bonchev–Trinajstić information content (AvgIpc) is 3.33. The number of hydrogen-bond donors (Lipinski definition) is 1. The predicted octanol–water partition coefficient (Wildman–Crippen LogP) is 3.41. The molecular weight excluding hydrogens is 372 g/mol. The van der Waals surface area contributed by atoms with Gasteiger partial charge in [0, 0.05) is 44.3 Å². The fourth-order valence-electron chi connectivity index (χ4n) is 3.52. The van der Waals surface area contributed by atoms with E-state index in [9.17, 15) is 0 Å². The Labute approximate surface area is 171 Å². The molecule has 2 fully saturated rings. The highest BCUT2D eigenvalue weighted by molar-refractivity contribution is 7.16. The molecule has 3 aliphatic rings. The van der Waals surface area contributed by atoms with Gasteiger partial charge in [0.1, 0.15) is 10.8 Å². The lowest BCUT2D eigenvalue weighted by Crippen LogP contribution is -2.47. The van der Waals surface area contributed by atoms with E-state index < -0.39 is 0 Å². The van der Waals surface area contributed by atoms with Crippen molar-refractivity contribution in [3.05, 3.63) is 40.8 Å². The summed E-state index contributed by atoms with van der Waals surface area (Å²) in [5.41, 5.74) is 3.36. The lowest BCUT2D eigenvalue weighted by molar-refractivity contribution is 0.198. The van der Waals surface area contributed by atoms with Crippen molar-refractivity contribution in [2.75, 3.05) is 51.8 Å². The van der Waals surface area contributed by atoms with E-state index in [1.54, 1.807) is 11.3 Å². The van der Waals surface area contributed by atoms with Gasteiger partial charge in [-0.3, -0.25) is 0 Å². The van der Waals surface area contributed by atoms with E-state index in [1.165, 1.54) is 28.3 Å². The van der Waals surface area contributed by atoms with Crippen LogP contribution in [0.25, 0.3) is 0 Å². The second-order valence-corrected chi connectivity index (χ2v) is 8.54. The van der Waals surface area contributed by atoms with Crippen molar-refractivity contribution in [2.24, 2.45) is 4.99 Å². The van der Waals surface area contributed by atoms with Gasteiger partial charge in [-0.15, -0.1) is 11.3 Å². The summed E-state index contributed by atoms with van der Waals surface area (Å²) in [6, 6.07) is 10.6. The number of nitrogens with zero attached hydrogens (tertiary/aromatic N) is 3. The van der Waals surface area contributed by atoms with Crippen molar-refractivity contribution in [2.45, 2.75) is 19.8 Å². The van der Waals surface area contributed by atoms with Gasteiger partial charge in [0.15, 0.2) is 0 Å². The number of thiophene rings is 1. The molecule has 4 heterocycles. The number of aliphatic imine (C=N–C) groups is 1. The summed E-state index contributed by atoms with van der Waals surface area (Å²) >= 11 is 1.81. The summed E-state index contributed by atoms with van der Waals surface area (Å²) in [5.74, 6) is 1.12. The van der Waals surface area contributed by atoms with Crippen LogP contribution in [0.1, 0.15) is 23.3 Å². The molecule has 0 amide bonds. The zero-order valence-corrected chi connectivity index (χ0v) is 17.5. The molecule has 2 aromatic rings. The minimum Gasteiger partial charge on any atom is -0.412 e. The SMILES string of the molecule is C1CCOC1.Cc1cc2c(s1)Nc1ccccc1N=C2N1CCN(C)CC1.O. The van der Waals surface area contributed by atoms with Crippen LogP contribution >= 0.6 is 11.3 Å². The number of benzene rings is 1. The van der Waals surface area contributed by atoms with E-state index in [2.05, 4.69) is 59.4 Å². The topological polar surface area (TPSA) is 71.6 Å². The molecular formula is C21H30N4O2S. The first-order valence-corrected chi connectivity index (χ1v) is 10.6. The van der Waals surface area contributed by atoms with Crippen LogP contribution in [0.3, 0.4) is 0 Å². The zero-order chi connectivity index (χ0) is 18.6. The van der Waals surface area contributed by atoms with Crippen LogP contribution in [0.2, 0.25) is 0 Å². The Morgan fingerprint density at radius 1 is 1.07 bits per heavy atom. The monoisotopic (exact) mass is 402 g/mol. The number of rotatable bonds is 0. The maximum absolute atomic E-state index is 5.01. The molecule has 5 rings (SSSR count). The fraction of sp³-hybridized carbons (Fsp3) is 0.476. The first-order valence-electron chi connectivity index (χ1n) is 9.77. The number of anilines is 2. The van der Waals surface area contributed by atoms with Crippen LogP contribution < -0.4 is 5.32 Å². The maximum Gasteiger partial charge on any atom is 0.139 e. The summed E-state index contributed by atoms with van der Waals surface area (Å²) in [4.78, 5) is 11.1. The molecule has 28 heavy (non-hydrogen) atoms. The minimum absolute atomic E-state index is 0. The van der Waals surface area contributed by atoms with Crippen molar-refractivity contribution >= 4 is 33.5 Å². The number of ether oxygens (including phenoxy) is 1. The van der Waals surface area contributed by atoms with Gasteiger partial charge in [0.05, 0.1) is 16.9 Å². The summed E-state index contributed by atoms with van der Waals surface area (Å²) < 4.78 is 4.94. The Morgan fingerprint density at radius 3 is 2.46 bits per heavy atom. The molecule has 0 radical (unpaired) electrons. The van der Waals surface area contributed by atoms with E-state index in [4.69, 9.17) is 9.73 Å². The van der Waals surface area contributed by atoms with Crippen molar-refractivity contribution < 1.29 is 10.2 Å².